The molecule has 3 aliphatic rings. The van der Waals surface area contributed by atoms with Gasteiger partial charge in [-0.2, -0.15) is 0 Å². The molecule has 0 amide bonds. The van der Waals surface area contributed by atoms with E-state index in [2.05, 4.69) is 116 Å². The Morgan fingerprint density at radius 2 is 1.06 bits per heavy atom. The van der Waals surface area contributed by atoms with Crippen molar-refractivity contribution in [1.29, 1.82) is 0 Å². The van der Waals surface area contributed by atoms with Crippen LogP contribution in [0.2, 0.25) is 20.1 Å². The lowest BCUT2D eigenvalue weighted by Gasteiger charge is -2.30. The first-order chi connectivity index (χ1) is 25.9. The third-order valence-electron chi connectivity index (χ3n) is 10.6. The number of carbonyl (C=O) groups is 1. The van der Waals surface area contributed by atoms with Crippen molar-refractivity contribution in [2.45, 2.75) is 31.3 Å². The summed E-state index contributed by atoms with van der Waals surface area (Å²) in [5, 5.41) is 0.153. The monoisotopic (exact) mass is 920 g/mol. The molecule has 4 nitrogen and oxygen atoms in total. The molecule has 0 atom stereocenters. The second-order valence-electron chi connectivity index (χ2n) is 14.1. The molecule has 10 heteroatoms. The number of carbonyl (C=O) groups excluding carboxylic acids is 1. The third-order valence-corrected chi connectivity index (χ3v) is 13.5. The Hall–Kier alpha value is -3.23. The first-order valence-corrected chi connectivity index (χ1v) is 20.8. The van der Waals surface area contributed by atoms with Crippen molar-refractivity contribution in [2.24, 2.45) is 0 Å². The van der Waals surface area contributed by atoms with E-state index in [0.29, 0.717) is 5.56 Å². The number of hydrogen-bond acceptors (Lipinski definition) is 4. The molecule has 5 aromatic rings. The van der Waals surface area contributed by atoms with Gasteiger partial charge in [-0.25, -0.2) is 4.79 Å². The highest BCUT2D eigenvalue weighted by Gasteiger charge is 2.48. The Balaban J connectivity index is 1.47. The van der Waals surface area contributed by atoms with Gasteiger partial charge in [0, 0.05) is 53.1 Å². The summed E-state index contributed by atoms with van der Waals surface area (Å²) in [7, 11) is 4.25. The summed E-state index contributed by atoms with van der Waals surface area (Å²) in [6.45, 7) is 2.01. The predicted molar refractivity (Wildman–Crippen MR) is 232 cm³/mol. The van der Waals surface area contributed by atoms with Gasteiger partial charge in [-0.3, -0.25) is 0 Å². The van der Waals surface area contributed by atoms with Crippen LogP contribution in [-0.2, 0) is 23.2 Å². The molecule has 0 spiro atoms. The van der Waals surface area contributed by atoms with Crippen molar-refractivity contribution in [3.05, 3.63) is 171 Å². The number of ether oxygens (including phenoxy) is 1. The van der Waals surface area contributed by atoms with Crippen LogP contribution < -0.4 is 9.80 Å². The van der Waals surface area contributed by atoms with Crippen LogP contribution in [0.25, 0.3) is 11.1 Å². The van der Waals surface area contributed by atoms with Crippen LogP contribution in [0.1, 0.15) is 62.1 Å². The van der Waals surface area contributed by atoms with Crippen molar-refractivity contribution < 1.29 is 9.53 Å². The molecule has 0 radical (unpaired) electrons. The van der Waals surface area contributed by atoms with Crippen LogP contribution in [-0.4, -0.2) is 33.2 Å². The average Bonchev–Trinajstić information content (AvgIpc) is 3.46. The summed E-state index contributed by atoms with van der Waals surface area (Å²) >= 11 is 34.7. The number of nitrogens with zero attached hydrogens (tertiary/aromatic N) is 2. The molecule has 0 saturated heterocycles. The largest absolute Gasteiger partial charge is 0.442 e. The zero-order chi connectivity index (χ0) is 37.9. The highest BCUT2D eigenvalue weighted by Crippen LogP contribution is 2.54. The summed E-state index contributed by atoms with van der Waals surface area (Å²) < 4.78 is 8.51. The molecule has 8 rings (SSSR count). The van der Waals surface area contributed by atoms with Gasteiger partial charge in [-0.1, -0.05) is 115 Å². The smallest absolute Gasteiger partial charge is 0.341 e. The minimum absolute atomic E-state index is 0.00115. The Morgan fingerprint density at radius 1 is 0.630 bits per heavy atom. The second kappa shape index (κ2) is 15.0. The van der Waals surface area contributed by atoms with E-state index in [9.17, 15) is 4.79 Å². The number of hydrogen-bond donors (Lipinski definition) is 0. The van der Waals surface area contributed by atoms with E-state index in [4.69, 9.17) is 51.1 Å². The van der Waals surface area contributed by atoms with Crippen molar-refractivity contribution >= 4 is 107 Å². The van der Waals surface area contributed by atoms with Crippen molar-refractivity contribution in [3.8, 4) is 0 Å². The van der Waals surface area contributed by atoms with E-state index in [-0.39, 0.29) is 25.7 Å². The first kappa shape index (κ1) is 37.7. The van der Waals surface area contributed by atoms with Gasteiger partial charge in [0.1, 0.15) is 0 Å². The molecule has 0 fully saturated rings. The molecule has 0 bridgehead atoms. The summed E-state index contributed by atoms with van der Waals surface area (Å²) in [5.41, 5.74) is 9.23. The summed E-state index contributed by atoms with van der Waals surface area (Å²) in [4.78, 5) is 18.8. The molecular formula is C44H34Br2Cl4N2O2. The molecule has 0 aromatic heterocycles. The van der Waals surface area contributed by atoms with Gasteiger partial charge >= 0.3 is 5.97 Å². The first-order valence-electron chi connectivity index (χ1n) is 17.7. The topological polar surface area (TPSA) is 32.8 Å². The number of rotatable bonds is 6. The van der Waals surface area contributed by atoms with Gasteiger partial charge in [0.2, 0.25) is 0 Å². The number of anilines is 2. The van der Waals surface area contributed by atoms with Crippen LogP contribution in [0.4, 0.5) is 11.4 Å². The minimum atomic E-state index is -1.58. The third kappa shape index (κ3) is 6.82. The van der Waals surface area contributed by atoms with Crippen LogP contribution in [0.15, 0.2) is 106 Å². The highest BCUT2D eigenvalue weighted by atomic mass is 79.9. The van der Waals surface area contributed by atoms with Crippen molar-refractivity contribution in [3.63, 3.8) is 0 Å². The van der Waals surface area contributed by atoms with Crippen LogP contribution in [0.5, 0.6) is 0 Å². The molecule has 274 valence electrons. The van der Waals surface area contributed by atoms with E-state index >= 15 is 0 Å². The minimum Gasteiger partial charge on any atom is -0.442 e. The number of esters is 1. The van der Waals surface area contributed by atoms with Crippen molar-refractivity contribution in [2.75, 3.05) is 37.0 Å². The Morgan fingerprint density at radius 3 is 1.52 bits per heavy atom. The predicted octanol–water partition coefficient (Wildman–Crippen LogP) is 13.2. The van der Waals surface area contributed by atoms with Crippen molar-refractivity contribution in [1.82, 2.24) is 0 Å². The molecule has 3 heterocycles. The molecule has 0 N–H and O–H groups in total. The zero-order valence-electron chi connectivity index (χ0n) is 29.5. The standard InChI is InChI=1S/C44H34Br2Cl4N2O2/c1-51-19-3-5-29-21-27(11-17-35(29)51)33(25-7-13-31(45)14-8-25)23-44(38-37(43(53)54-44)39(47)41(49)42(50)40(38)48)24-34(26-9-15-32(46)16-10-26)28-12-18-36-30(22-28)6-4-20-52(36)2/h7-18,21-24H,3-6,19-20H2,1-2H3/b33-23+,34-24+. The quantitative estimate of drug-likeness (QED) is 0.0965. The van der Waals surface area contributed by atoms with Gasteiger partial charge < -0.3 is 14.5 Å². The number of fused-ring (bicyclic) bond motifs is 3. The summed E-state index contributed by atoms with van der Waals surface area (Å²) in [6, 6.07) is 29.3. The number of aryl methyl sites for hydroxylation is 2. The second-order valence-corrected chi connectivity index (χ2v) is 17.4. The number of benzene rings is 5. The number of cyclic esters (lactones) is 1. The van der Waals surface area contributed by atoms with E-state index in [1.165, 1.54) is 22.5 Å². The van der Waals surface area contributed by atoms with Gasteiger partial charge in [-0.15, -0.1) is 0 Å². The normalized spacial score (nSPS) is 18.3. The van der Waals surface area contributed by atoms with Crippen LogP contribution >= 0.6 is 78.3 Å². The molecule has 0 aliphatic carbocycles. The fourth-order valence-electron chi connectivity index (χ4n) is 7.95. The summed E-state index contributed by atoms with van der Waals surface area (Å²) in [6.07, 6.45) is 8.02. The van der Waals surface area contributed by atoms with E-state index in [0.717, 1.165) is 81.1 Å². The molecular weight excluding hydrogens is 890 g/mol. The van der Waals surface area contributed by atoms with Crippen LogP contribution in [0, 0.1) is 0 Å². The highest BCUT2D eigenvalue weighted by molar-refractivity contribution is 9.10. The zero-order valence-corrected chi connectivity index (χ0v) is 35.7. The molecule has 0 unspecified atom stereocenters. The van der Waals surface area contributed by atoms with E-state index in [1.54, 1.807) is 0 Å². The Labute approximate surface area is 352 Å². The molecule has 0 saturated carbocycles. The lowest BCUT2D eigenvalue weighted by atomic mass is 9.82. The fourth-order valence-corrected chi connectivity index (χ4v) is 9.56. The van der Waals surface area contributed by atoms with Gasteiger partial charge in [0.25, 0.3) is 0 Å². The molecule has 54 heavy (non-hydrogen) atoms. The maximum Gasteiger partial charge on any atom is 0.341 e. The van der Waals surface area contributed by atoms with Gasteiger partial charge in [-0.05, 0) is 131 Å². The lowest BCUT2D eigenvalue weighted by molar-refractivity contribution is 0.0300. The van der Waals surface area contributed by atoms with Gasteiger partial charge in [0.05, 0.1) is 25.7 Å². The Bertz CT molecular complexity index is 2270. The van der Waals surface area contributed by atoms with E-state index in [1.807, 2.05) is 36.4 Å². The average molecular weight is 924 g/mol. The Kier molecular flexibility index (Phi) is 10.5. The van der Waals surface area contributed by atoms with E-state index < -0.39 is 11.6 Å². The van der Waals surface area contributed by atoms with Crippen LogP contribution in [0.3, 0.4) is 0 Å². The SMILES string of the molecule is CN1CCCc2cc(/C(=C/C3(/C=C(\c4ccc(Br)cc4)c4ccc5c(c4)CCCN5C)OC(=O)c4c(Cl)c(Cl)c(Cl)c(Cl)c43)c3ccc(Br)cc3)ccc21. The molecule has 5 aromatic carbocycles. The van der Waals surface area contributed by atoms with Gasteiger partial charge in [0.15, 0.2) is 5.60 Å². The number of halogens is 6. The lowest BCUT2D eigenvalue weighted by Crippen LogP contribution is -2.25. The fraction of sp³-hybridized carbons (Fsp3) is 0.205. The maximum atomic E-state index is 14.2. The molecule has 3 aliphatic heterocycles. The maximum absolute atomic E-state index is 14.2. The summed E-state index contributed by atoms with van der Waals surface area (Å²) in [5.74, 6) is -0.646.